The lowest BCUT2D eigenvalue weighted by Crippen LogP contribution is -2.52. The molecule has 0 aromatic heterocycles. The lowest BCUT2D eigenvalue weighted by atomic mass is 10.1. The number of carbonyl (C=O) groups is 3. The summed E-state index contributed by atoms with van der Waals surface area (Å²) >= 11 is 0. The first kappa shape index (κ1) is 28.0. The first-order chi connectivity index (χ1) is 16.5. The summed E-state index contributed by atoms with van der Waals surface area (Å²) in [4.78, 5) is 39.8. The molecule has 0 radical (unpaired) electrons. The van der Waals surface area contributed by atoms with E-state index in [0.717, 1.165) is 28.1 Å². The van der Waals surface area contributed by atoms with Crippen LogP contribution in [0.25, 0.3) is 0 Å². The van der Waals surface area contributed by atoms with E-state index in [0.29, 0.717) is 18.5 Å². The van der Waals surface area contributed by atoms with Crippen molar-refractivity contribution in [3.8, 4) is 0 Å². The van der Waals surface area contributed by atoms with Crippen molar-refractivity contribution in [1.82, 2.24) is 10.2 Å². The quantitative estimate of drug-likeness (QED) is 0.450. The summed E-state index contributed by atoms with van der Waals surface area (Å²) < 4.78 is 26.3. The van der Waals surface area contributed by atoms with Crippen LogP contribution in [0.15, 0.2) is 48.5 Å². The lowest BCUT2D eigenvalue weighted by molar-refractivity contribution is -0.140. The molecular formula is C26H35N3O5S. The average molecular weight is 502 g/mol. The number of nitrogens with zero attached hydrogens (tertiary/aromatic N) is 2. The standard InChI is InChI=1S/C26H35N3O5S/c1-6-15-27-26(32)24(7-2)28(17-21-13-11-19(3)12-14-21)25(31)18-29(35(5,33)34)23-10-8-9-22(16-23)20(4)30/h8-14,16,24H,6-7,15,17-18H2,1-5H3,(H,27,32). The van der Waals surface area contributed by atoms with Crippen LogP contribution in [0.3, 0.4) is 0 Å². The number of anilines is 1. The van der Waals surface area contributed by atoms with E-state index in [1.54, 1.807) is 12.1 Å². The van der Waals surface area contributed by atoms with E-state index in [1.807, 2.05) is 45.0 Å². The van der Waals surface area contributed by atoms with E-state index in [2.05, 4.69) is 5.32 Å². The lowest BCUT2D eigenvalue weighted by Gasteiger charge is -2.33. The van der Waals surface area contributed by atoms with Crippen molar-refractivity contribution < 1.29 is 22.8 Å². The highest BCUT2D eigenvalue weighted by Gasteiger charge is 2.31. The zero-order valence-corrected chi connectivity index (χ0v) is 21.9. The van der Waals surface area contributed by atoms with Gasteiger partial charge < -0.3 is 10.2 Å². The third-order valence-corrected chi connectivity index (χ3v) is 6.77. The van der Waals surface area contributed by atoms with Gasteiger partial charge in [-0.05, 0) is 44.4 Å². The fraction of sp³-hybridized carbons (Fsp3) is 0.423. The molecule has 1 unspecified atom stereocenters. The summed E-state index contributed by atoms with van der Waals surface area (Å²) in [6, 6.07) is 13.0. The Labute approximate surface area is 208 Å². The van der Waals surface area contributed by atoms with Gasteiger partial charge in [-0.1, -0.05) is 55.8 Å². The third kappa shape index (κ3) is 7.92. The van der Waals surface area contributed by atoms with E-state index in [1.165, 1.54) is 24.0 Å². The summed E-state index contributed by atoms with van der Waals surface area (Å²) in [5.41, 5.74) is 2.45. The predicted octanol–water partition coefficient (Wildman–Crippen LogP) is 3.30. The van der Waals surface area contributed by atoms with Crippen molar-refractivity contribution in [1.29, 1.82) is 0 Å². The molecule has 2 aromatic carbocycles. The van der Waals surface area contributed by atoms with Crippen LogP contribution in [0.4, 0.5) is 5.69 Å². The molecule has 0 fully saturated rings. The van der Waals surface area contributed by atoms with E-state index >= 15 is 0 Å². The summed E-state index contributed by atoms with van der Waals surface area (Å²) in [5, 5.41) is 2.85. The highest BCUT2D eigenvalue weighted by atomic mass is 32.2. The van der Waals surface area contributed by atoms with Gasteiger partial charge >= 0.3 is 0 Å². The van der Waals surface area contributed by atoms with Crippen LogP contribution >= 0.6 is 0 Å². The number of ketones is 1. The number of hydrogen-bond donors (Lipinski definition) is 1. The van der Waals surface area contributed by atoms with Crippen LogP contribution in [0.2, 0.25) is 0 Å². The van der Waals surface area contributed by atoms with Crippen molar-refractivity contribution in [3.63, 3.8) is 0 Å². The maximum absolute atomic E-state index is 13.6. The number of carbonyl (C=O) groups excluding carboxylic acids is 3. The molecule has 0 aliphatic rings. The van der Waals surface area contributed by atoms with E-state index < -0.39 is 28.5 Å². The second kappa shape index (κ2) is 12.5. The molecule has 0 saturated carbocycles. The number of hydrogen-bond acceptors (Lipinski definition) is 5. The van der Waals surface area contributed by atoms with Gasteiger partial charge in [-0.25, -0.2) is 8.42 Å². The predicted molar refractivity (Wildman–Crippen MR) is 138 cm³/mol. The Kier molecular flexibility index (Phi) is 10.0. The molecular weight excluding hydrogens is 466 g/mol. The molecule has 0 heterocycles. The molecule has 35 heavy (non-hydrogen) atoms. The number of Topliss-reactive ketones (excluding diaryl/α,β-unsaturated/α-hetero) is 1. The Balaban J connectivity index is 2.45. The van der Waals surface area contributed by atoms with Crippen molar-refractivity contribution in [2.24, 2.45) is 0 Å². The fourth-order valence-electron chi connectivity index (χ4n) is 3.67. The Hall–Kier alpha value is -3.20. The highest BCUT2D eigenvalue weighted by Crippen LogP contribution is 2.21. The Morgan fingerprint density at radius 1 is 1.03 bits per heavy atom. The van der Waals surface area contributed by atoms with Crippen LogP contribution in [0.1, 0.15) is 55.1 Å². The first-order valence-corrected chi connectivity index (χ1v) is 13.5. The molecule has 2 aromatic rings. The summed E-state index contributed by atoms with van der Waals surface area (Å²) in [6.45, 7) is 7.24. The zero-order chi connectivity index (χ0) is 26.2. The van der Waals surface area contributed by atoms with Gasteiger partial charge in [-0.15, -0.1) is 0 Å². The zero-order valence-electron chi connectivity index (χ0n) is 21.1. The van der Waals surface area contributed by atoms with Crippen LogP contribution in [-0.2, 0) is 26.2 Å². The third-order valence-electron chi connectivity index (χ3n) is 5.63. The normalized spacial score (nSPS) is 12.0. The molecule has 0 bridgehead atoms. The van der Waals surface area contributed by atoms with Crippen LogP contribution in [0.5, 0.6) is 0 Å². The SMILES string of the molecule is CCCNC(=O)C(CC)N(Cc1ccc(C)cc1)C(=O)CN(c1cccc(C(C)=O)c1)S(C)(=O)=O. The number of benzene rings is 2. The smallest absolute Gasteiger partial charge is 0.244 e. The van der Waals surface area contributed by atoms with Gasteiger partial charge in [0.25, 0.3) is 0 Å². The van der Waals surface area contributed by atoms with Gasteiger partial charge in [0, 0.05) is 18.7 Å². The van der Waals surface area contributed by atoms with Crippen molar-refractivity contribution in [2.75, 3.05) is 23.7 Å². The van der Waals surface area contributed by atoms with E-state index in [-0.39, 0.29) is 23.9 Å². The van der Waals surface area contributed by atoms with Crippen LogP contribution in [0, 0.1) is 6.92 Å². The molecule has 190 valence electrons. The summed E-state index contributed by atoms with van der Waals surface area (Å²) in [5.74, 6) is -1.01. The molecule has 0 saturated heterocycles. The Bertz CT molecular complexity index is 1150. The van der Waals surface area contributed by atoms with Gasteiger partial charge in [0.2, 0.25) is 21.8 Å². The molecule has 2 rings (SSSR count). The van der Waals surface area contributed by atoms with E-state index in [9.17, 15) is 22.8 Å². The van der Waals surface area contributed by atoms with Crippen molar-refractivity contribution in [2.45, 2.75) is 53.1 Å². The summed E-state index contributed by atoms with van der Waals surface area (Å²) in [7, 11) is -3.86. The maximum atomic E-state index is 13.6. The van der Waals surface area contributed by atoms with Crippen LogP contribution in [-0.4, -0.2) is 56.3 Å². The first-order valence-electron chi connectivity index (χ1n) is 11.7. The largest absolute Gasteiger partial charge is 0.354 e. The van der Waals surface area contributed by atoms with Gasteiger partial charge in [-0.2, -0.15) is 0 Å². The fourth-order valence-corrected chi connectivity index (χ4v) is 4.51. The molecule has 1 N–H and O–H groups in total. The molecule has 2 amide bonds. The second-order valence-electron chi connectivity index (χ2n) is 8.60. The van der Waals surface area contributed by atoms with Crippen molar-refractivity contribution in [3.05, 3.63) is 65.2 Å². The number of sulfonamides is 1. The molecule has 0 spiro atoms. The number of aryl methyl sites for hydroxylation is 1. The van der Waals surface area contributed by atoms with Gasteiger partial charge in [0.05, 0.1) is 11.9 Å². The Morgan fingerprint density at radius 2 is 1.69 bits per heavy atom. The molecule has 9 heteroatoms. The maximum Gasteiger partial charge on any atom is 0.244 e. The number of amides is 2. The summed E-state index contributed by atoms with van der Waals surface area (Å²) in [6.07, 6.45) is 2.13. The minimum Gasteiger partial charge on any atom is -0.354 e. The van der Waals surface area contributed by atoms with Crippen LogP contribution < -0.4 is 9.62 Å². The minimum absolute atomic E-state index is 0.155. The van der Waals surface area contributed by atoms with Gasteiger partial charge in [-0.3, -0.25) is 18.7 Å². The van der Waals surface area contributed by atoms with E-state index in [4.69, 9.17) is 0 Å². The minimum atomic E-state index is -3.86. The second-order valence-corrected chi connectivity index (χ2v) is 10.5. The highest BCUT2D eigenvalue weighted by molar-refractivity contribution is 7.92. The molecule has 8 nitrogen and oxygen atoms in total. The molecule has 1 atom stereocenters. The molecule has 0 aliphatic heterocycles. The molecule has 0 aliphatic carbocycles. The monoisotopic (exact) mass is 501 g/mol. The average Bonchev–Trinajstić information content (AvgIpc) is 2.81. The number of nitrogens with one attached hydrogen (secondary N) is 1. The Morgan fingerprint density at radius 3 is 2.23 bits per heavy atom. The van der Waals surface area contributed by atoms with Gasteiger partial charge in [0.1, 0.15) is 12.6 Å². The van der Waals surface area contributed by atoms with Gasteiger partial charge in [0.15, 0.2) is 5.78 Å². The topological polar surface area (TPSA) is 104 Å². The van der Waals surface area contributed by atoms with Crippen molar-refractivity contribution >= 4 is 33.3 Å². The number of rotatable bonds is 12.